The second kappa shape index (κ2) is 6.31. The van der Waals surface area contributed by atoms with Gasteiger partial charge in [-0.3, -0.25) is 10.1 Å². The summed E-state index contributed by atoms with van der Waals surface area (Å²) in [6, 6.07) is 2.67. The van der Waals surface area contributed by atoms with Crippen LogP contribution in [0, 0.1) is 10.1 Å². The van der Waals surface area contributed by atoms with Crippen LogP contribution in [0.2, 0.25) is 0 Å². The summed E-state index contributed by atoms with van der Waals surface area (Å²) in [5.74, 6) is -0.484. The van der Waals surface area contributed by atoms with Crippen LogP contribution in [0.3, 0.4) is 0 Å². The van der Waals surface area contributed by atoms with Crippen molar-refractivity contribution in [2.24, 2.45) is 0 Å². The highest BCUT2D eigenvalue weighted by Gasteiger charge is 2.34. The van der Waals surface area contributed by atoms with Gasteiger partial charge >= 0.3 is 12.0 Å². The first kappa shape index (κ1) is 15.6. The van der Waals surface area contributed by atoms with E-state index in [1.54, 1.807) is 0 Å². The first-order chi connectivity index (χ1) is 9.90. The summed E-state index contributed by atoms with van der Waals surface area (Å²) in [5, 5.41) is 22.3. The molecular formula is C11H10BrN3O5S. The Morgan fingerprint density at radius 3 is 2.86 bits per heavy atom. The Kier molecular flexibility index (Phi) is 4.68. The standard InChI is InChI=1S/C11H10BrN3O5S/c12-7-2-1-6(3-8(7)15(19)20)13-11(18)14-5-21-4-9(14)10(16)17/h1-3,9H,4-5H2,(H,13,18)(H,16,17)/t9-/m0/s1. The first-order valence-corrected chi connectivity index (χ1v) is 7.67. The molecule has 0 radical (unpaired) electrons. The highest BCUT2D eigenvalue weighted by molar-refractivity contribution is 9.10. The van der Waals surface area contributed by atoms with Gasteiger partial charge in [0.05, 0.1) is 15.3 Å². The van der Waals surface area contributed by atoms with Crippen molar-refractivity contribution in [1.82, 2.24) is 4.90 Å². The van der Waals surface area contributed by atoms with Crippen LogP contribution in [0.25, 0.3) is 0 Å². The fourth-order valence-corrected chi connectivity index (χ4v) is 3.31. The molecule has 2 N–H and O–H groups in total. The summed E-state index contributed by atoms with van der Waals surface area (Å²) in [6.07, 6.45) is 0. The van der Waals surface area contributed by atoms with E-state index in [1.165, 1.54) is 34.9 Å². The van der Waals surface area contributed by atoms with E-state index in [-0.39, 0.29) is 17.3 Å². The zero-order chi connectivity index (χ0) is 15.6. The van der Waals surface area contributed by atoms with Crippen LogP contribution < -0.4 is 5.32 Å². The Hall–Kier alpha value is -1.81. The average Bonchev–Trinajstić information content (AvgIpc) is 2.90. The lowest BCUT2D eigenvalue weighted by Gasteiger charge is -2.20. The number of nitro groups is 1. The molecule has 0 aliphatic carbocycles. The van der Waals surface area contributed by atoms with Crippen molar-refractivity contribution in [3.8, 4) is 0 Å². The number of hydrogen-bond acceptors (Lipinski definition) is 5. The molecule has 1 aromatic carbocycles. The van der Waals surface area contributed by atoms with Crippen LogP contribution in [0.15, 0.2) is 22.7 Å². The number of carbonyl (C=O) groups excluding carboxylic acids is 1. The number of benzene rings is 1. The quantitative estimate of drug-likeness (QED) is 0.619. The van der Waals surface area contributed by atoms with Gasteiger partial charge in [0.2, 0.25) is 0 Å². The number of halogens is 1. The Bertz CT molecular complexity index is 612. The molecule has 1 atom stereocenters. The van der Waals surface area contributed by atoms with Crippen LogP contribution in [0.4, 0.5) is 16.2 Å². The molecule has 0 spiro atoms. The molecular weight excluding hydrogens is 366 g/mol. The number of thioether (sulfide) groups is 1. The number of urea groups is 1. The summed E-state index contributed by atoms with van der Waals surface area (Å²) in [6.45, 7) is 0. The highest BCUT2D eigenvalue weighted by Crippen LogP contribution is 2.28. The summed E-state index contributed by atoms with van der Waals surface area (Å²) >= 11 is 4.38. The van der Waals surface area contributed by atoms with E-state index in [0.29, 0.717) is 10.2 Å². The molecule has 0 unspecified atom stereocenters. The van der Waals surface area contributed by atoms with Gasteiger partial charge in [0.25, 0.3) is 5.69 Å². The number of amides is 2. The Morgan fingerprint density at radius 2 is 2.24 bits per heavy atom. The zero-order valence-electron chi connectivity index (χ0n) is 10.5. The largest absolute Gasteiger partial charge is 0.480 e. The number of aliphatic carboxylic acids is 1. The van der Waals surface area contributed by atoms with Gasteiger partial charge in [-0.25, -0.2) is 9.59 Å². The molecule has 2 rings (SSSR count). The summed E-state index contributed by atoms with van der Waals surface area (Å²) in [5.41, 5.74) is 0.0503. The van der Waals surface area contributed by atoms with Crippen molar-refractivity contribution in [1.29, 1.82) is 0 Å². The molecule has 1 aliphatic heterocycles. The second-order valence-corrected chi connectivity index (χ2v) is 6.03. The van der Waals surface area contributed by atoms with E-state index in [1.807, 2.05) is 0 Å². The van der Waals surface area contributed by atoms with Gasteiger partial charge in [-0.2, -0.15) is 0 Å². The fraction of sp³-hybridized carbons (Fsp3) is 0.273. The maximum absolute atomic E-state index is 12.1. The molecule has 2 amide bonds. The lowest BCUT2D eigenvalue weighted by Crippen LogP contribution is -2.43. The van der Waals surface area contributed by atoms with E-state index >= 15 is 0 Å². The lowest BCUT2D eigenvalue weighted by molar-refractivity contribution is -0.385. The summed E-state index contributed by atoms with van der Waals surface area (Å²) < 4.78 is 0.297. The van der Waals surface area contributed by atoms with Crippen molar-refractivity contribution < 1.29 is 19.6 Å². The van der Waals surface area contributed by atoms with Crippen molar-refractivity contribution in [3.63, 3.8) is 0 Å². The maximum Gasteiger partial charge on any atom is 0.327 e. The Morgan fingerprint density at radius 1 is 1.52 bits per heavy atom. The van der Waals surface area contributed by atoms with E-state index in [0.717, 1.165) is 0 Å². The molecule has 112 valence electrons. The zero-order valence-corrected chi connectivity index (χ0v) is 12.9. The minimum Gasteiger partial charge on any atom is -0.480 e. The van der Waals surface area contributed by atoms with E-state index in [9.17, 15) is 19.7 Å². The van der Waals surface area contributed by atoms with Crippen molar-refractivity contribution in [3.05, 3.63) is 32.8 Å². The predicted octanol–water partition coefficient (Wildman–Crippen LogP) is 2.35. The maximum atomic E-state index is 12.1. The average molecular weight is 376 g/mol. The van der Waals surface area contributed by atoms with Crippen LogP contribution in [-0.2, 0) is 4.79 Å². The Labute approximate surface area is 131 Å². The van der Waals surface area contributed by atoms with Gasteiger partial charge < -0.3 is 15.3 Å². The third-order valence-electron chi connectivity index (χ3n) is 2.82. The molecule has 1 heterocycles. The minimum atomic E-state index is -1.07. The van der Waals surface area contributed by atoms with E-state index in [2.05, 4.69) is 21.2 Å². The second-order valence-electron chi connectivity index (χ2n) is 4.18. The van der Waals surface area contributed by atoms with Crippen molar-refractivity contribution in [2.45, 2.75) is 6.04 Å². The van der Waals surface area contributed by atoms with E-state index < -0.39 is 23.0 Å². The highest BCUT2D eigenvalue weighted by atomic mass is 79.9. The number of nitrogens with zero attached hydrogens (tertiary/aromatic N) is 2. The van der Waals surface area contributed by atoms with Crippen LogP contribution in [-0.4, -0.2) is 44.6 Å². The summed E-state index contributed by atoms with van der Waals surface area (Å²) in [7, 11) is 0. The van der Waals surface area contributed by atoms with Gasteiger partial charge in [-0.05, 0) is 28.1 Å². The molecule has 1 aliphatic rings. The molecule has 1 fully saturated rings. The Balaban J connectivity index is 2.14. The molecule has 1 saturated heterocycles. The number of nitro benzene ring substituents is 1. The molecule has 0 bridgehead atoms. The van der Waals surface area contributed by atoms with Gasteiger partial charge in [-0.15, -0.1) is 11.8 Å². The third-order valence-corrected chi connectivity index (χ3v) is 4.51. The monoisotopic (exact) mass is 375 g/mol. The number of hydrogen-bond donors (Lipinski definition) is 2. The minimum absolute atomic E-state index is 0.182. The van der Waals surface area contributed by atoms with E-state index in [4.69, 9.17) is 5.11 Å². The number of anilines is 1. The van der Waals surface area contributed by atoms with Gasteiger partial charge in [0.1, 0.15) is 6.04 Å². The van der Waals surface area contributed by atoms with Gasteiger partial charge in [-0.1, -0.05) is 0 Å². The molecule has 10 heteroatoms. The number of nitrogens with one attached hydrogen (secondary N) is 1. The van der Waals surface area contributed by atoms with Crippen LogP contribution in [0.5, 0.6) is 0 Å². The fourth-order valence-electron chi connectivity index (χ4n) is 1.77. The summed E-state index contributed by atoms with van der Waals surface area (Å²) in [4.78, 5) is 34.5. The van der Waals surface area contributed by atoms with Crippen molar-refractivity contribution in [2.75, 3.05) is 16.9 Å². The molecule has 0 aromatic heterocycles. The smallest absolute Gasteiger partial charge is 0.327 e. The van der Waals surface area contributed by atoms with Crippen molar-refractivity contribution >= 4 is 51.1 Å². The van der Waals surface area contributed by atoms with Crippen LogP contribution >= 0.6 is 27.7 Å². The third kappa shape index (κ3) is 3.45. The number of carbonyl (C=O) groups is 2. The normalized spacial score (nSPS) is 17.6. The first-order valence-electron chi connectivity index (χ1n) is 5.72. The molecule has 8 nitrogen and oxygen atoms in total. The molecule has 21 heavy (non-hydrogen) atoms. The predicted molar refractivity (Wildman–Crippen MR) is 80.4 cm³/mol. The number of carboxylic acids is 1. The van der Waals surface area contributed by atoms with Gasteiger partial charge in [0.15, 0.2) is 0 Å². The lowest BCUT2D eigenvalue weighted by atomic mass is 10.3. The number of rotatable bonds is 3. The SMILES string of the molecule is O=C(O)[C@@H]1CSCN1C(=O)Nc1ccc(Br)c([N+](=O)[O-])c1. The van der Waals surface area contributed by atoms with Gasteiger partial charge in [0, 0.05) is 17.5 Å². The molecule has 1 aromatic rings. The topological polar surface area (TPSA) is 113 Å². The van der Waals surface area contributed by atoms with Crippen LogP contribution in [0.1, 0.15) is 0 Å². The molecule has 0 saturated carbocycles. The number of carboxylic acid groups (broad SMARTS) is 1.